The van der Waals surface area contributed by atoms with E-state index in [9.17, 15) is 0 Å². The topological polar surface area (TPSA) is 20.2 Å². The molecule has 0 aliphatic rings. The summed E-state index contributed by atoms with van der Waals surface area (Å²) in [7, 11) is 0. The van der Waals surface area contributed by atoms with Gasteiger partial charge in [0.05, 0.1) is 6.61 Å². The van der Waals surface area contributed by atoms with Crippen LogP contribution in [0.2, 0.25) is 0 Å². The molecule has 0 atom stereocenters. The minimum absolute atomic E-state index is 0. The molecule has 0 unspecified atom stereocenters. The van der Waals surface area contributed by atoms with Crippen LogP contribution in [0.3, 0.4) is 0 Å². The zero-order chi connectivity index (χ0) is 9.78. The molecule has 80 valence electrons. The fraction of sp³-hybridized carbons (Fsp3) is 0.833. The van der Waals surface area contributed by atoms with Crippen LogP contribution in [0.25, 0.3) is 0 Å². The van der Waals surface area contributed by atoms with Crippen LogP contribution in [0.5, 0.6) is 0 Å². The van der Waals surface area contributed by atoms with Crippen LogP contribution in [0, 0.1) is 0 Å². The van der Waals surface area contributed by atoms with Gasteiger partial charge in [-0.15, -0.1) is 0 Å². The van der Waals surface area contributed by atoms with Gasteiger partial charge in [0, 0.05) is 0 Å². The van der Waals surface area contributed by atoms with E-state index in [1.807, 2.05) is 6.08 Å². The average molecular weight is 208 g/mol. The van der Waals surface area contributed by atoms with Crippen LogP contribution in [0.4, 0.5) is 0 Å². The van der Waals surface area contributed by atoms with E-state index in [2.05, 4.69) is 13.0 Å². The number of aliphatic hydroxyl groups is 1. The average Bonchev–Trinajstić information content (AvgIpc) is 2.16. The summed E-state index contributed by atoms with van der Waals surface area (Å²) in [5.41, 5.74) is 0. The van der Waals surface area contributed by atoms with Crippen molar-refractivity contribution < 1.29 is 36.1 Å². The van der Waals surface area contributed by atoms with Gasteiger partial charge in [-0.1, -0.05) is 57.6 Å². The van der Waals surface area contributed by atoms with Crippen molar-refractivity contribution in [1.82, 2.24) is 0 Å². The first-order valence-electron chi connectivity index (χ1n) is 5.67. The molecular formula is C12H25NaO. The molecule has 0 saturated heterocycles. The number of aliphatic hydroxyl groups excluding tert-OH is 1. The predicted molar refractivity (Wildman–Crippen MR) is 59.9 cm³/mol. The summed E-state index contributed by atoms with van der Waals surface area (Å²) < 4.78 is 0. The Morgan fingerprint density at radius 2 is 1.50 bits per heavy atom. The van der Waals surface area contributed by atoms with E-state index in [1.54, 1.807) is 0 Å². The van der Waals surface area contributed by atoms with Gasteiger partial charge in [-0.2, -0.15) is 0 Å². The minimum Gasteiger partial charge on any atom is -1.00 e. The van der Waals surface area contributed by atoms with Gasteiger partial charge < -0.3 is 6.53 Å². The maximum absolute atomic E-state index is 8.48. The van der Waals surface area contributed by atoms with Crippen molar-refractivity contribution in [2.45, 2.75) is 58.3 Å². The van der Waals surface area contributed by atoms with Crippen LogP contribution in [0.15, 0.2) is 12.2 Å². The minimum atomic E-state index is 0. The molecule has 14 heavy (non-hydrogen) atoms. The van der Waals surface area contributed by atoms with Crippen LogP contribution < -0.4 is 29.6 Å². The molecule has 0 saturated carbocycles. The third-order valence-electron chi connectivity index (χ3n) is 2.25. The summed E-state index contributed by atoms with van der Waals surface area (Å²) in [6, 6.07) is 0. The molecule has 0 aromatic rings. The third-order valence-corrected chi connectivity index (χ3v) is 2.25. The van der Waals surface area contributed by atoms with Crippen molar-refractivity contribution >= 4 is 0 Å². The third kappa shape index (κ3) is 15.2. The van der Waals surface area contributed by atoms with Gasteiger partial charge in [0.1, 0.15) is 0 Å². The van der Waals surface area contributed by atoms with Crippen molar-refractivity contribution in [2.75, 3.05) is 6.61 Å². The quantitative estimate of drug-likeness (QED) is 0.337. The predicted octanol–water partition coefficient (Wildman–Crippen LogP) is 0.792. The fourth-order valence-corrected chi connectivity index (χ4v) is 1.41. The standard InChI is InChI=1S/C12H24O.Na.H/c1-2-3-4-5-6-7-8-9-10-11-12-13;;/h10-11,13H,2-9,12H2,1H3;;/q;+1;-1/b11-10+;;. The first-order chi connectivity index (χ1) is 6.41. The number of unbranched alkanes of at least 4 members (excludes halogenated alkanes) is 7. The van der Waals surface area contributed by atoms with Crippen LogP contribution >= 0.6 is 0 Å². The molecule has 0 spiro atoms. The Kier molecular flexibility index (Phi) is 19.7. The largest absolute Gasteiger partial charge is 1.00 e. The second-order valence-corrected chi connectivity index (χ2v) is 3.56. The summed E-state index contributed by atoms with van der Waals surface area (Å²) in [5, 5.41) is 8.48. The number of rotatable bonds is 9. The number of hydrogen-bond acceptors (Lipinski definition) is 1. The normalized spacial score (nSPS) is 10.4. The second-order valence-electron chi connectivity index (χ2n) is 3.56. The molecule has 2 heteroatoms. The van der Waals surface area contributed by atoms with Gasteiger partial charge in [0.15, 0.2) is 0 Å². The molecule has 0 radical (unpaired) electrons. The van der Waals surface area contributed by atoms with Crippen molar-refractivity contribution in [3.8, 4) is 0 Å². The molecule has 0 aliphatic heterocycles. The van der Waals surface area contributed by atoms with E-state index in [0.717, 1.165) is 6.42 Å². The zero-order valence-corrected chi connectivity index (χ0v) is 12.0. The molecule has 1 nitrogen and oxygen atoms in total. The Hall–Kier alpha value is 0.700. The van der Waals surface area contributed by atoms with Crippen molar-refractivity contribution in [2.24, 2.45) is 0 Å². The molecule has 0 aromatic carbocycles. The van der Waals surface area contributed by atoms with Gasteiger partial charge in [0.2, 0.25) is 0 Å². The first kappa shape index (κ1) is 17.1. The van der Waals surface area contributed by atoms with E-state index in [-0.39, 0.29) is 37.6 Å². The summed E-state index contributed by atoms with van der Waals surface area (Å²) in [4.78, 5) is 0. The van der Waals surface area contributed by atoms with Gasteiger partial charge in [-0.25, -0.2) is 0 Å². The van der Waals surface area contributed by atoms with Crippen LogP contribution in [-0.4, -0.2) is 11.7 Å². The molecule has 0 bridgehead atoms. The Morgan fingerprint density at radius 3 is 2.07 bits per heavy atom. The van der Waals surface area contributed by atoms with Crippen molar-refractivity contribution in [3.05, 3.63) is 12.2 Å². The van der Waals surface area contributed by atoms with Crippen LogP contribution in [0.1, 0.15) is 59.7 Å². The zero-order valence-electron chi connectivity index (χ0n) is 11.0. The maximum Gasteiger partial charge on any atom is 1.00 e. The summed E-state index contributed by atoms with van der Waals surface area (Å²) in [6.45, 7) is 2.44. The SMILES string of the molecule is CCCCCCCCC/C=C/CO.[H-].[Na+]. The van der Waals surface area contributed by atoms with Gasteiger partial charge in [-0.05, 0) is 12.8 Å². The Labute approximate surface area is 113 Å². The molecule has 0 aliphatic carbocycles. The second kappa shape index (κ2) is 16.1. The molecule has 0 rings (SSSR count). The van der Waals surface area contributed by atoms with Gasteiger partial charge in [-0.3, -0.25) is 0 Å². The monoisotopic (exact) mass is 208 g/mol. The maximum atomic E-state index is 8.48. The van der Waals surface area contributed by atoms with E-state index in [4.69, 9.17) is 5.11 Å². The van der Waals surface area contributed by atoms with Crippen LogP contribution in [-0.2, 0) is 0 Å². The van der Waals surface area contributed by atoms with E-state index < -0.39 is 0 Å². The summed E-state index contributed by atoms with van der Waals surface area (Å²) in [6.07, 6.45) is 14.6. The Balaban J connectivity index is -0.000000720. The van der Waals surface area contributed by atoms with E-state index in [0.29, 0.717) is 0 Å². The molecule has 0 aromatic heterocycles. The Morgan fingerprint density at radius 1 is 0.929 bits per heavy atom. The molecule has 0 fully saturated rings. The van der Waals surface area contributed by atoms with Gasteiger partial charge in [0.25, 0.3) is 0 Å². The number of hydrogen-bond donors (Lipinski definition) is 1. The number of allylic oxidation sites excluding steroid dienone is 1. The van der Waals surface area contributed by atoms with E-state index >= 15 is 0 Å². The molecule has 0 heterocycles. The van der Waals surface area contributed by atoms with E-state index in [1.165, 1.54) is 44.9 Å². The summed E-state index contributed by atoms with van der Waals surface area (Å²) in [5.74, 6) is 0. The van der Waals surface area contributed by atoms with Crippen molar-refractivity contribution in [1.29, 1.82) is 0 Å². The van der Waals surface area contributed by atoms with Gasteiger partial charge >= 0.3 is 29.6 Å². The molecular weight excluding hydrogens is 183 g/mol. The smallest absolute Gasteiger partial charge is 1.00 e. The Bertz CT molecular complexity index is 118. The molecule has 1 N–H and O–H groups in total. The first-order valence-corrected chi connectivity index (χ1v) is 5.67. The summed E-state index contributed by atoms with van der Waals surface area (Å²) >= 11 is 0. The molecule has 0 amide bonds. The fourth-order valence-electron chi connectivity index (χ4n) is 1.41. The van der Waals surface area contributed by atoms with Crippen molar-refractivity contribution in [3.63, 3.8) is 0 Å².